The molecule has 0 N–H and O–H groups in total. The van der Waals surface area contributed by atoms with Gasteiger partial charge in [-0.15, -0.1) is 0 Å². The summed E-state index contributed by atoms with van der Waals surface area (Å²) in [6.07, 6.45) is 1.31. The first kappa shape index (κ1) is 13.8. The van der Waals surface area contributed by atoms with Crippen LogP contribution in [0, 0.1) is 5.82 Å². The van der Waals surface area contributed by atoms with Crippen LogP contribution in [0.25, 0.3) is 11.1 Å². The Kier molecular flexibility index (Phi) is 4.33. The van der Waals surface area contributed by atoms with Crippen LogP contribution in [0.1, 0.15) is 18.9 Å². The first-order valence-corrected chi connectivity index (χ1v) is 6.48. The molecule has 0 bridgehead atoms. The lowest BCUT2D eigenvalue weighted by Gasteiger charge is -2.05. The lowest BCUT2D eigenvalue weighted by molar-refractivity contribution is -0.116. The topological polar surface area (TPSA) is 17.1 Å². The third kappa shape index (κ3) is 3.65. The molecule has 1 nitrogen and oxygen atoms in total. The zero-order valence-corrected chi connectivity index (χ0v) is 11.4. The van der Waals surface area contributed by atoms with Crippen LogP contribution >= 0.6 is 11.6 Å². The SMILES string of the molecule is CC(=O)CCc1ccc(-c2ccc(F)c(Cl)c2)cc1. The second kappa shape index (κ2) is 5.98. The fourth-order valence-corrected chi connectivity index (χ4v) is 2.04. The Hall–Kier alpha value is -1.67. The maximum Gasteiger partial charge on any atom is 0.141 e. The molecule has 0 saturated heterocycles. The van der Waals surface area contributed by atoms with Crippen molar-refractivity contribution in [3.63, 3.8) is 0 Å². The number of aryl methyl sites for hydroxylation is 1. The van der Waals surface area contributed by atoms with Gasteiger partial charge < -0.3 is 4.79 Å². The Morgan fingerprint density at radius 1 is 1.11 bits per heavy atom. The normalized spacial score (nSPS) is 10.5. The number of carbonyl (C=O) groups is 1. The smallest absolute Gasteiger partial charge is 0.141 e. The molecule has 0 aliphatic carbocycles. The summed E-state index contributed by atoms with van der Waals surface area (Å²) in [7, 11) is 0. The molecule has 0 unspecified atom stereocenters. The van der Waals surface area contributed by atoms with Crippen LogP contribution in [-0.4, -0.2) is 5.78 Å². The first-order valence-electron chi connectivity index (χ1n) is 6.10. The van der Waals surface area contributed by atoms with Gasteiger partial charge in [-0.2, -0.15) is 0 Å². The highest BCUT2D eigenvalue weighted by molar-refractivity contribution is 6.31. The summed E-state index contributed by atoms with van der Waals surface area (Å²) < 4.78 is 13.1. The molecule has 2 rings (SSSR count). The Bertz CT molecular complexity index is 590. The van der Waals surface area contributed by atoms with Crippen LogP contribution in [-0.2, 0) is 11.2 Å². The van der Waals surface area contributed by atoms with Crippen molar-refractivity contribution in [1.29, 1.82) is 0 Å². The highest BCUT2D eigenvalue weighted by Crippen LogP contribution is 2.25. The summed E-state index contributed by atoms with van der Waals surface area (Å²) in [5.41, 5.74) is 2.98. The minimum absolute atomic E-state index is 0.123. The Balaban J connectivity index is 2.17. The summed E-state index contributed by atoms with van der Waals surface area (Å²) in [5.74, 6) is -0.224. The van der Waals surface area contributed by atoms with Crippen LogP contribution in [0.4, 0.5) is 4.39 Å². The van der Waals surface area contributed by atoms with Crippen molar-refractivity contribution in [2.24, 2.45) is 0 Å². The zero-order chi connectivity index (χ0) is 13.8. The van der Waals surface area contributed by atoms with Crippen LogP contribution in [0.5, 0.6) is 0 Å². The maximum absolute atomic E-state index is 13.1. The number of ketones is 1. The number of hydrogen-bond acceptors (Lipinski definition) is 1. The van der Waals surface area contributed by atoms with Gasteiger partial charge in [0.1, 0.15) is 11.6 Å². The van der Waals surface area contributed by atoms with E-state index in [1.807, 2.05) is 24.3 Å². The highest BCUT2D eigenvalue weighted by atomic mass is 35.5. The van der Waals surface area contributed by atoms with Gasteiger partial charge in [0.05, 0.1) is 5.02 Å². The van der Waals surface area contributed by atoms with Gasteiger partial charge in [0, 0.05) is 6.42 Å². The van der Waals surface area contributed by atoms with Crippen molar-refractivity contribution in [1.82, 2.24) is 0 Å². The average molecular weight is 277 g/mol. The van der Waals surface area contributed by atoms with Gasteiger partial charge >= 0.3 is 0 Å². The molecule has 19 heavy (non-hydrogen) atoms. The van der Waals surface area contributed by atoms with E-state index in [0.29, 0.717) is 6.42 Å². The van der Waals surface area contributed by atoms with E-state index in [0.717, 1.165) is 23.1 Å². The molecular formula is C16H14ClFO. The molecule has 0 aromatic heterocycles. The van der Waals surface area contributed by atoms with E-state index >= 15 is 0 Å². The summed E-state index contributed by atoms with van der Waals surface area (Å²) in [6, 6.07) is 12.6. The van der Waals surface area contributed by atoms with Crippen molar-refractivity contribution in [3.8, 4) is 11.1 Å². The van der Waals surface area contributed by atoms with Crippen LogP contribution in [0.2, 0.25) is 5.02 Å². The van der Waals surface area contributed by atoms with Gasteiger partial charge in [-0.3, -0.25) is 0 Å². The van der Waals surface area contributed by atoms with E-state index in [1.165, 1.54) is 6.07 Å². The van der Waals surface area contributed by atoms with E-state index in [4.69, 9.17) is 11.6 Å². The lowest BCUT2D eigenvalue weighted by Crippen LogP contribution is -1.93. The highest BCUT2D eigenvalue weighted by Gasteiger charge is 2.03. The molecular weight excluding hydrogens is 263 g/mol. The van der Waals surface area contributed by atoms with Gasteiger partial charge in [0.2, 0.25) is 0 Å². The van der Waals surface area contributed by atoms with Gasteiger partial charge in [-0.1, -0.05) is 41.9 Å². The minimum atomic E-state index is -0.413. The second-order valence-corrected chi connectivity index (χ2v) is 4.94. The molecule has 0 fully saturated rings. The Morgan fingerprint density at radius 2 is 1.74 bits per heavy atom. The van der Waals surface area contributed by atoms with Gasteiger partial charge in [-0.05, 0) is 42.2 Å². The summed E-state index contributed by atoms with van der Waals surface area (Å²) in [6.45, 7) is 1.59. The molecule has 0 aliphatic rings. The molecule has 0 amide bonds. The molecule has 2 aromatic carbocycles. The number of hydrogen-bond donors (Lipinski definition) is 0. The molecule has 0 aliphatic heterocycles. The number of Topliss-reactive ketones (excluding diaryl/α,β-unsaturated/α-hetero) is 1. The largest absolute Gasteiger partial charge is 0.300 e. The standard InChI is InChI=1S/C16H14ClFO/c1-11(19)2-3-12-4-6-13(7-5-12)14-8-9-16(18)15(17)10-14/h4-10H,2-3H2,1H3. The first-order chi connectivity index (χ1) is 9.06. The van der Waals surface area contributed by atoms with Gasteiger partial charge in [0.15, 0.2) is 0 Å². The molecule has 3 heteroatoms. The van der Waals surface area contributed by atoms with Gasteiger partial charge in [0.25, 0.3) is 0 Å². The third-order valence-corrected chi connectivity index (χ3v) is 3.26. The van der Waals surface area contributed by atoms with Crippen LogP contribution < -0.4 is 0 Å². The summed E-state index contributed by atoms with van der Waals surface area (Å²) in [4.78, 5) is 10.9. The maximum atomic E-state index is 13.1. The summed E-state index contributed by atoms with van der Waals surface area (Å²) in [5, 5.41) is 0.123. The fourth-order valence-electron chi connectivity index (χ4n) is 1.86. The predicted octanol–water partition coefficient (Wildman–Crippen LogP) is 4.67. The minimum Gasteiger partial charge on any atom is -0.300 e. The monoisotopic (exact) mass is 276 g/mol. The molecule has 0 heterocycles. The predicted molar refractivity (Wildman–Crippen MR) is 75.8 cm³/mol. The van der Waals surface area contributed by atoms with E-state index in [2.05, 4.69) is 0 Å². The molecule has 0 saturated carbocycles. The number of carbonyl (C=O) groups excluding carboxylic acids is 1. The van der Waals surface area contributed by atoms with Crippen molar-refractivity contribution < 1.29 is 9.18 Å². The molecule has 0 atom stereocenters. The molecule has 98 valence electrons. The van der Waals surface area contributed by atoms with E-state index < -0.39 is 5.82 Å². The van der Waals surface area contributed by atoms with E-state index in [-0.39, 0.29) is 10.8 Å². The van der Waals surface area contributed by atoms with Gasteiger partial charge in [-0.25, -0.2) is 4.39 Å². The summed E-state index contributed by atoms with van der Waals surface area (Å²) >= 11 is 5.77. The van der Waals surface area contributed by atoms with Crippen LogP contribution in [0.3, 0.4) is 0 Å². The third-order valence-electron chi connectivity index (χ3n) is 2.97. The van der Waals surface area contributed by atoms with Crippen molar-refractivity contribution in [2.45, 2.75) is 19.8 Å². The van der Waals surface area contributed by atoms with Crippen molar-refractivity contribution in [2.75, 3.05) is 0 Å². The van der Waals surface area contributed by atoms with Crippen LogP contribution in [0.15, 0.2) is 42.5 Å². The quantitative estimate of drug-likeness (QED) is 0.793. The molecule has 2 aromatic rings. The lowest BCUT2D eigenvalue weighted by atomic mass is 10.0. The number of halogens is 2. The fraction of sp³-hybridized carbons (Fsp3) is 0.188. The number of benzene rings is 2. The zero-order valence-electron chi connectivity index (χ0n) is 10.6. The second-order valence-electron chi connectivity index (χ2n) is 4.53. The van der Waals surface area contributed by atoms with E-state index in [9.17, 15) is 9.18 Å². The van der Waals surface area contributed by atoms with Crippen molar-refractivity contribution >= 4 is 17.4 Å². The van der Waals surface area contributed by atoms with E-state index in [1.54, 1.807) is 19.1 Å². The Morgan fingerprint density at radius 3 is 2.32 bits per heavy atom. The number of rotatable bonds is 4. The molecule has 0 spiro atoms. The molecule has 0 radical (unpaired) electrons. The van der Waals surface area contributed by atoms with Crippen molar-refractivity contribution in [3.05, 3.63) is 58.9 Å². The Labute approximate surface area is 117 Å². The average Bonchev–Trinajstić information content (AvgIpc) is 2.40.